The van der Waals surface area contributed by atoms with Crippen molar-refractivity contribution in [1.29, 1.82) is 0 Å². The highest BCUT2D eigenvalue weighted by Gasteiger charge is 2.20. The van der Waals surface area contributed by atoms with Crippen molar-refractivity contribution in [3.63, 3.8) is 0 Å². The molecule has 0 atom stereocenters. The first-order valence-corrected chi connectivity index (χ1v) is 7.95. The van der Waals surface area contributed by atoms with Crippen molar-refractivity contribution in [2.75, 3.05) is 37.9 Å². The molecular weight excluding hydrogens is 336 g/mol. The molecule has 2 aromatic rings. The number of fused-ring (bicyclic) bond motifs is 1. The lowest BCUT2D eigenvalue weighted by molar-refractivity contribution is 0.110. The van der Waals surface area contributed by atoms with E-state index in [1.165, 1.54) is 4.68 Å². The lowest BCUT2D eigenvalue weighted by Crippen LogP contribution is -2.50. The molecule has 1 amide bonds. The molecule has 1 saturated heterocycles. The van der Waals surface area contributed by atoms with Crippen LogP contribution in [0.15, 0.2) is 23.0 Å². The highest BCUT2D eigenvalue weighted by Crippen LogP contribution is 2.19. The van der Waals surface area contributed by atoms with E-state index in [1.54, 1.807) is 18.2 Å². The number of aromatic nitrogens is 2. The fourth-order valence-corrected chi connectivity index (χ4v) is 2.97. The van der Waals surface area contributed by atoms with E-state index >= 15 is 0 Å². The summed E-state index contributed by atoms with van der Waals surface area (Å²) in [5, 5.41) is 13.6. The van der Waals surface area contributed by atoms with Crippen molar-refractivity contribution >= 4 is 28.6 Å². The molecule has 24 heavy (non-hydrogen) atoms. The van der Waals surface area contributed by atoms with Crippen molar-refractivity contribution in [3.05, 3.63) is 39.4 Å². The number of ether oxygens (including phenoxy) is 1. The van der Waals surface area contributed by atoms with Gasteiger partial charge in [-0.2, -0.15) is 0 Å². The Hall–Kier alpha value is -2.32. The van der Waals surface area contributed by atoms with Crippen LogP contribution in [0.4, 0.5) is 4.79 Å². The number of hydrogen-bond acceptors (Lipinski definition) is 5. The molecule has 0 spiro atoms. The van der Waals surface area contributed by atoms with Crippen LogP contribution in [-0.4, -0.2) is 53.7 Å². The van der Waals surface area contributed by atoms with E-state index in [4.69, 9.17) is 21.4 Å². The van der Waals surface area contributed by atoms with Crippen molar-refractivity contribution in [1.82, 2.24) is 15.0 Å². The number of morpholine rings is 1. The molecule has 1 aliphatic heterocycles. The van der Waals surface area contributed by atoms with E-state index in [0.29, 0.717) is 54.5 Å². The van der Waals surface area contributed by atoms with Crippen LogP contribution >= 0.6 is 11.6 Å². The number of nitrogens with one attached hydrogen (secondary N) is 1. The largest absolute Gasteiger partial charge is 0.465 e. The first kappa shape index (κ1) is 16.5. The summed E-state index contributed by atoms with van der Waals surface area (Å²) in [4.78, 5) is 28.2. The molecule has 0 aliphatic carbocycles. The molecule has 2 heterocycles. The van der Waals surface area contributed by atoms with Crippen LogP contribution in [0, 0.1) is 0 Å². The van der Waals surface area contributed by atoms with E-state index in [2.05, 4.69) is 10.3 Å². The summed E-state index contributed by atoms with van der Waals surface area (Å²) in [7, 11) is 0. The minimum atomic E-state index is -1.11. The van der Waals surface area contributed by atoms with Crippen molar-refractivity contribution in [2.24, 2.45) is 0 Å². The molecule has 128 valence electrons. The van der Waals surface area contributed by atoms with Gasteiger partial charge in [-0.05, 0) is 12.1 Å². The summed E-state index contributed by atoms with van der Waals surface area (Å²) in [5.74, 6) is 0.491. The van der Waals surface area contributed by atoms with Crippen molar-refractivity contribution in [2.45, 2.75) is 6.42 Å². The minimum absolute atomic E-state index is 0.165. The molecule has 0 bridgehead atoms. The summed E-state index contributed by atoms with van der Waals surface area (Å²) >= 11 is 6.18. The molecule has 1 fully saturated rings. The minimum Gasteiger partial charge on any atom is -0.465 e. The standard InChI is InChI=1S/C15H17ClN4O4/c16-10-2-1-3-11-13(10)14(21)20(19-6-8-24-9-7-19)12(18-11)4-5-17-15(22)23/h1-3,17H,4-9H2,(H,22,23). The summed E-state index contributed by atoms with van der Waals surface area (Å²) in [5.41, 5.74) is 0.250. The molecule has 0 saturated carbocycles. The van der Waals surface area contributed by atoms with Crippen LogP contribution in [0.3, 0.4) is 0 Å². The van der Waals surface area contributed by atoms with E-state index in [-0.39, 0.29) is 12.1 Å². The number of benzene rings is 1. The number of hydrogen-bond donors (Lipinski definition) is 2. The van der Waals surface area contributed by atoms with Crippen LogP contribution in [-0.2, 0) is 11.2 Å². The van der Waals surface area contributed by atoms with E-state index in [0.717, 1.165) is 0 Å². The van der Waals surface area contributed by atoms with Gasteiger partial charge < -0.3 is 20.2 Å². The second-order valence-electron chi connectivity index (χ2n) is 5.33. The van der Waals surface area contributed by atoms with Gasteiger partial charge in [0.05, 0.1) is 42.2 Å². The number of nitrogens with zero attached hydrogens (tertiary/aromatic N) is 3. The van der Waals surface area contributed by atoms with Gasteiger partial charge in [0, 0.05) is 13.0 Å². The van der Waals surface area contributed by atoms with Gasteiger partial charge in [0.1, 0.15) is 5.82 Å². The average molecular weight is 353 g/mol. The summed E-state index contributed by atoms with van der Waals surface area (Å²) < 4.78 is 6.83. The Morgan fingerprint density at radius 2 is 2.12 bits per heavy atom. The highest BCUT2D eigenvalue weighted by atomic mass is 35.5. The monoisotopic (exact) mass is 352 g/mol. The van der Waals surface area contributed by atoms with Crippen molar-refractivity contribution < 1.29 is 14.6 Å². The number of halogens is 1. The first-order chi connectivity index (χ1) is 11.6. The quantitative estimate of drug-likeness (QED) is 0.846. The maximum atomic E-state index is 13.0. The normalized spacial score (nSPS) is 14.8. The molecular formula is C15H17ClN4O4. The van der Waals surface area contributed by atoms with Gasteiger partial charge in [-0.15, -0.1) is 0 Å². The molecule has 2 N–H and O–H groups in total. The Morgan fingerprint density at radius 1 is 1.38 bits per heavy atom. The second kappa shape index (κ2) is 7.06. The molecule has 0 unspecified atom stereocenters. The predicted molar refractivity (Wildman–Crippen MR) is 89.5 cm³/mol. The zero-order valence-corrected chi connectivity index (χ0v) is 13.6. The van der Waals surface area contributed by atoms with E-state index in [9.17, 15) is 9.59 Å². The van der Waals surface area contributed by atoms with Gasteiger partial charge in [0.15, 0.2) is 0 Å². The maximum Gasteiger partial charge on any atom is 0.404 e. The third kappa shape index (κ3) is 3.29. The Labute approximate surface area is 142 Å². The van der Waals surface area contributed by atoms with Crippen LogP contribution in [0.5, 0.6) is 0 Å². The zero-order chi connectivity index (χ0) is 17.1. The fourth-order valence-electron chi connectivity index (χ4n) is 2.72. The van der Waals surface area contributed by atoms with Gasteiger partial charge >= 0.3 is 6.09 Å². The third-order valence-electron chi connectivity index (χ3n) is 3.79. The van der Waals surface area contributed by atoms with Gasteiger partial charge in [0.2, 0.25) is 0 Å². The number of amides is 1. The maximum absolute atomic E-state index is 13.0. The second-order valence-corrected chi connectivity index (χ2v) is 5.73. The number of rotatable bonds is 4. The zero-order valence-electron chi connectivity index (χ0n) is 12.9. The molecule has 1 aromatic heterocycles. The molecule has 0 radical (unpaired) electrons. The summed E-state index contributed by atoms with van der Waals surface area (Å²) in [6.45, 7) is 2.30. The highest BCUT2D eigenvalue weighted by molar-refractivity contribution is 6.35. The van der Waals surface area contributed by atoms with Gasteiger partial charge in [-0.1, -0.05) is 17.7 Å². The van der Waals surface area contributed by atoms with Crippen molar-refractivity contribution in [3.8, 4) is 0 Å². The smallest absolute Gasteiger partial charge is 0.404 e. The van der Waals surface area contributed by atoms with Gasteiger partial charge in [-0.3, -0.25) is 4.79 Å². The lowest BCUT2D eigenvalue weighted by atomic mass is 10.2. The predicted octanol–water partition coefficient (Wildman–Crippen LogP) is 0.828. The number of carboxylic acid groups (broad SMARTS) is 1. The Balaban J connectivity index is 2.08. The number of carbonyl (C=O) groups is 1. The van der Waals surface area contributed by atoms with E-state index < -0.39 is 6.09 Å². The van der Waals surface area contributed by atoms with Crippen LogP contribution in [0.25, 0.3) is 10.9 Å². The van der Waals surface area contributed by atoms with Crippen LogP contribution < -0.4 is 15.9 Å². The average Bonchev–Trinajstić information content (AvgIpc) is 2.55. The molecule has 1 aromatic carbocycles. The third-order valence-corrected chi connectivity index (χ3v) is 4.10. The Bertz CT molecular complexity index is 817. The van der Waals surface area contributed by atoms with Gasteiger partial charge in [-0.25, -0.2) is 14.5 Å². The summed E-state index contributed by atoms with van der Waals surface area (Å²) in [6.07, 6.45) is -0.819. The molecule has 9 heteroatoms. The van der Waals surface area contributed by atoms with Gasteiger partial charge in [0.25, 0.3) is 5.56 Å². The topological polar surface area (TPSA) is 96.7 Å². The fraction of sp³-hybridized carbons (Fsp3) is 0.400. The van der Waals surface area contributed by atoms with E-state index in [1.807, 2.05) is 5.01 Å². The lowest BCUT2D eigenvalue weighted by Gasteiger charge is -2.31. The molecule has 3 rings (SSSR count). The van der Waals surface area contributed by atoms with Crippen LogP contribution in [0.1, 0.15) is 5.82 Å². The Kier molecular flexibility index (Phi) is 4.86. The molecule has 1 aliphatic rings. The SMILES string of the molecule is O=C(O)NCCc1nc2cccc(Cl)c2c(=O)n1N1CCOCC1. The van der Waals surface area contributed by atoms with Crippen LogP contribution in [0.2, 0.25) is 5.02 Å². The first-order valence-electron chi connectivity index (χ1n) is 7.58. The summed E-state index contributed by atoms with van der Waals surface area (Å²) in [6, 6.07) is 5.11. The Morgan fingerprint density at radius 3 is 2.83 bits per heavy atom. The molecule has 8 nitrogen and oxygen atoms in total.